The summed E-state index contributed by atoms with van der Waals surface area (Å²) in [5, 5.41) is 12.5. The fourth-order valence-corrected chi connectivity index (χ4v) is 9.29. The number of benzene rings is 3. The fraction of sp³-hybridized carbons (Fsp3) is 0.378. The number of allylic oxidation sites excluding steroid dienone is 1. The molecule has 3 aliphatic rings. The normalized spacial score (nSPS) is 26.4. The van der Waals surface area contributed by atoms with Gasteiger partial charge in [-0.3, -0.25) is 4.48 Å². The van der Waals surface area contributed by atoms with E-state index in [1.807, 2.05) is 0 Å². The van der Waals surface area contributed by atoms with Gasteiger partial charge < -0.3 is 5.11 Å². The van der Waals surface area contributed by atoms with Crippen LogP contribution in [-0.4, -0.2) is 27.7 Å². The van der Waals surface area contributed by atoms with Crippen molar-refractivity contribution in [3.8, 4) is 0 Å². The maximum atomic E-state index is 13.8. The van der Waals surface area contributed by atoms with Gasteiger partial charge in [-0.25, -0.2) is 0 Å². The van der Waals surface area contributed by atoms with Gasteiger partial charge >= 0.3 is 24.7 Å². The maximum absolute atomic E-state index is 13.8. The van der Waals surface area contributed by atoms with Crippen molar-refractivity contribution in [3.05, 3.63) is 125 Å². The first-order valence-electron chi connectivity index (χ1n) is 16.3. The SMILES string of the molecule is C=CC1CC23C1CC[N+]2(Cc1cc(C(F)(F)F)cc(C(F)(F)F)c1)C3[C@@H](O)c1cc[n+](Cc2cc(C(F)(F)F)cc(C(F)(F)F)c2)c2ccccc12. The van der Waals surface area contributed by atoms with E-state index in [9.17, 15) is 57.8 Å². The molecule has 0 amide bonds. The van der Waals surface area contributed by atoms with Crippen molar-refractivity contribution >= 4 is 10.9 Å². The van der Waals surface area contributed by atoms with Gasteiger partial charge in [-0.05, 0) is 48.4 Å². The zero-order valence-corrected chi connectivity index (χ0v) is 26.9. The summed E-state index contributed by atoms with van der Waals surface area (Å²) < 4.78 is 165. The summed E-state index contributed by atoms with van der Waals surface area (Å²) in [6.45, 7) is 3.68. The number of pyridine rings is 1. The molecule has 1 N–H and O–H groups in total. The largest absolute Gasteiger partial charge is 0.416 e. The number of para-hydroxylation sites is 1. The third-order valence-corrected chi connectivity index (χ3v) is 11.4. The molecular formula is C37H30F12N2O+2. The minimum Gasteiger partial charge on any atom is -0.382 e. The second kappa shape index (κ2) is 11.7. The number of hydrogen-bond acceptors (Lipinski definition) is 1. The van der Waals surface area contributed by atoms with E-state index in [0.29, 0.717) is 60.1 Å². The molecule has 1 aromatic heterocycles. The van der Waals surface area contributed by atoms with Crippen molar-refractivity contribution in [2.45, 2.75) is 68.3 Å². The van der Waals surface area contributed by atoms with Crippen molar-refractivity contribution < 1.29 is 66.8 Å². The molecule has 15 heteroatoms. The van der Waals surface area contributed by atoms with Crippen LogP contribution >= 0.6 is 0 Å². The Bertz CT molecular complexity index is 2000. The predicted octanol–water partition coefficient (Wildman–Crippen LogP) is 9.65. The second-order valence-electron chi connectivity index (χ2n) is 14.0. The lowest BCUT2D eigenvalue weighted by molar-refractivity contribution is -0.851. The first-order chi connectivity index (χ1) is 24.1. The Morgan fingerprint density at radius 3 is 1.81 bits per heavy atom. The molecule has 1 saturated carbocycles. The van der Waals surface area contributed by atoms with Crippen LogP contribution in [0.2, 0.25) is 0 Å². The Kier molecular flexibility index (Phi) is 8.15. The first-order valence-corrected chi connectivity index (χ1v) is 16.3. The lowest BCUT2D eigenvalue weighted by Crippen LogP contribution is -2.46. The molecule has 276 valence electrons. The van der Waals surface area contributed by atoms with Crippen LogP contribution in [0.15, 0.2) is 85.6 Å². The predicted molar refractivity (Wildman–Crippen MR) is 163 cm³/mol. The second-order valence-corrected chi connectivity index (χ2v) is 14.0. The molecule has 1 aliphatic carbocycles. The average molecular weight is 747 g/mol. The number of rotatable bonds is 7. The minimum atomic E-state index is -5.04. The molecule has 0 radical (unpaired) electrons. The van der Waals surface area contributed by atoms with E-state index in [-0.39, 0.29) is 46.1 Å². The summed E-state index contributed by atoms with van der Waals surface area (Å²) in [5.41, 5.74) is -6.16. The molecule has 6 atom stereocenters. The Balaban J connectivity index is 1.27. The summed E-state index contributed by atoms with van der Waals surface area (Å²) >= 11 is 0. The Hall–Kier alpha value is -4.11. The van der Waals surface area contributed by atoms with Crippen LogP contribution in [0.5, 0.6) is 0 Å². The molecule has 52 heavy (non-hydrogen) atoms. The van der Waals surface area contributed by atoms with Gasteiger partial charge in [-0.1, -0.05) is 18.2 Å². The number of hydrogen-bond donors (Lipinski definition) is 1. The summed E-state index contributed by atoms with van der Waals surface area (Å²) in [6, 6.07) is 10.1. The number of aliphatic hydroxyl groups excluding tert-OH is 1. The van der Waals surface area contributed by atoms with Gasteiger partial charge in [0.05, 0.1) is 34.2 Å². The highest BCUT2D eigenvalue weighted by Crippen LogP contribution is 2.75. The number of aliphatic hydroxyl groups is 1. The van der Waals surface area contributed by atoms with Crippen molar-refractivity contribution in [3.63, 3.8) is 0 Å². The molecule has 3 nitrogen and oxygen atoms in total. The van der Waals surface area contributed by atoms with Crippen molar-refractivity contribution in [2.24, 2.45) is 11.8 Å². The highest BCUT2D eigenvalue weighted by Gasteiger charge is 2.91. The Labute approximate surface area is 289 Å². The van der Waals surface area contributed by atoms with Crippen LogP contribution in [0.4, 0.5) is 52.7 Å². The maximum Gasteiger partial charge on any atom is 0.416 e. The van der Waals surface area contributed by atoms with E-state index in [1.165, 1.54) is 16.8 Å². The number of halogens is 12. The summed E-state index contributed by atoms with van der Waals surface area (Å²) in [4.78, 5) is 0. The van der Waals surface area contributed by atoms with Crippen molar-refractivity contribution in [1.82, 2.24) is 0 Å². The third kappa shape index (κ3) is 5.74. The summed E-state index contributed by atoms with van der Waals surface area (Å²) in [6.07, 6.45) is -17.1. The molecular weight excluding hydrogens is 716 g/mol. The zero-order valence-electron chi connectivity index (χ0n) is 26.9. The Morgan fingerprint density at radius 2 is 1.29 bits per heavy atom. The smallest absolute Gasteiger partial charge is 0.382 e. The van der Waals surface area contributed by atoms with Crippen molar-refractivity contribution in [2.75, 3.05) is 6.54 Å². The van der Waals surface area contributed by atoms with Crippen LogP contribution in [0.1, 0.15) is 57.9 Å². The Morgan fingerprint density at radius 1 is 0.769 bits per heavy atom. The van der Waals surface area contributed by atoms with Gasteiger partial charge in [0.2, 0.25) is 5.52 Å². The molecule has 2 saturated heterocycles. The summed E-state index contributed by atoms with van der Waals surface area (Å²) in [5.74, 6) is 0.00866. The zero-order chi connectivity index (χ0) is 37.8. The van der Waals surface area contributed by atoms with E-state index < -0.39 is 71.2 Å². The van der Waals surface area contributed by atoms with Crippen molar-refractivity contribution in [1.29, 1.82) is 0 Å². The quantitative estimate of drug-likeness (QED) is 0.0659. The average Bonchev–Trinajstić information content (AvgIpc) is 3.55. The molecule has 4 aromatic rings. The van der Waals surface area contributed by atoms with Crippen LogP contribution < -0.4 is 4.57 Å². The number of piperidine rings is 1. The minimum absolute atomic E-state index is 0.0267. The standard InChI is InChI=1S/C37H30F12N2O/c1-2-22-17-33-29(22)8-10-51(33,19-21-13-25(36(44,45)46)16-26(14-21)37(47,48)49)32(33)31(52)28-7-9-50(30-6-4-3-5-27(28)30)18-20-11-23(34(38,39)40)15-24(12-20)35(41,42)43/h2-7,9,11-16,22,29,31-32,52H,1,8,10,17-19H2/q+2/t22?,29?,31-,32?,33?,51?/m0/s1. The van der Waals surface area contributed by atoms with Gasteiger partial charge in [0.25, 0.3) is 0 Å². The molecule has 3 fully saturated rings. The van der Waals surface area contributed by atoms with Crippen LogP contribution in [-0.2, 0) is 37.8 Å². The number of alkyl halides is 12. The number of quaternary nitrogens is 1. The highest BCUT2D eigenvalue weighted by molar-refractivity contribution is 5.80. The van der Waals surface area contributed by atoms with Gasteiger partial charge in [-0.2, -0.15) is 57.3 Å². The molecule has 3 aromatic carbocycles. The van der Waals surface area contributed by atoms with Gasteiger partial charge in [0.15, 0.2) is 24.3 Å². The van der Waals surface area contributed by atoms with Gasteiger partial charge in [0, 0.05) is 47.6 Å². The molecule has 3 heterocycles. The first kappa shape index (κ1) is 36.3. The number of fused-ring (bicyclic) bond motifs is 1. The van der Waals surface area contributed by atoms with Crippen LogP contribution in [0.3, 0.4) is 0 Å². The number of aromatic nitrogens is 1. The van der Waals surface area contributed by atoms with E-state index in [2.05, 4.69) is 6.58 Å². The monoisotopic (exact) mass is 746 g/mol. The lowest BCUT2D eigenvalue weighted by atomic mass is 9.61. The van der Waals surface area contributed by atoms with E-state index in [1.54, 1.807) is 30.3 Å². The van der Waals surface area contributed by atoms with Gasteiger partial charge in [-0.15, -0.1) is 6.58 Å². The van der Waals surface area contributed by atoms with E-state index in [4.69, 9.17) is 0 Å². The number of nitrogens with zero attached hydrogens (tertiary/aromatic N) is 2. The fourth-order valence-electron chi connectivity index (χ4n) is 9.29. The van der Waals surface area contributed by atoms with E-state index in [0.717, 1.165) is 0 Å². The molecule has 5 unspecified atom stereocenters. The molecule has 1 spiro atoms. The molecule has 0 bridgehead atoms. The van der Waals surface area contributed by atoms with E-state index >= 15 is 0 Å². The van der Waals surface area contributed by atoms with Crippen LogP contribution in [0, 0.1) is 11.8 Å². The third-order valence-electron chi connectivity index (χ3n) is 11.4. The molecule has 7 rings (SSSR count). The lowest BCUT2D eigenvalue weighted by Gasteiger charge is -2.38. The van der Waals surface area contributed by atoms with Crippen LogP contribution in [0.25, 0.3) is 10.9 Å². The topological polar surface area (TPSA) is 24.1 Å². The van der Waals surface area contributed by atoms with Gasteiger partial charge in [0.1, 0.15) is 12.6 Å². The highest BCUT2D eigenvalue weighted by atomic mass is 19.4. The summed E-state index contributed by atoms with van der Waals surface area (Å²) in [7, 11) is 0. The molecule has 2 aliphatic heterocycles.